The van der Waals surface area contributed by atoms with Crippen molar-refractivity contribution in [3.05, 3.63) is 0 Å². The van der Waals surface area contributed by atoms with Crippen LogP contribution < -0.4 is 0 Å². The van der Waals surface area contributed by atoms with Crippen LogP contribution in [0.15, 0.2) is 0 Å². The molecule has 1 fully saturated rings. The second kappa shape index (κ2) is 9.32. The van der Waals surface area contributed by atoms with Crippen molar-refractivity contribution in [1.29, 1.82) is 0 Å². The van der Waals surface area contributed by atoms with E-state index in [2.05, 4.69) is 6.92 Å². The summed E-state index contributed by atoms with van der Waals surface area (Å²) in [6.07, 6.45) is 5.80. The van der Waals surface area contributed by atoms with Crippen LogP contribution in [0.25, 0.3) is 0 Å². The van der Waals surface area contributed by atoms with E-state index in [1.54, 1.807) is 0 Å². The van der Waals surface area contributed by atoms with Crippen LogP contribution in [0.1, 0.15) is 59.3 Å². The fourth-order valence-electron chi connectivity index (χ4n) is 2.07. The highest BCUT2D eigenvalue weighted by molar-refractivity contribution is 5.69. The van der Waals surface area contributed by atoms with Crippen molar-refractivity contribution in [1.82, 2.24) is 0 Å². The zero-order chi connectivity index (χ0) is 14.1. The number of rotatable bonds is 8. The molecule has 112 valence electrons. The van der Waals surface area contributed by atoms with Gasteiger partial charge in [-0.2, -0.15) is 0 Å². The molecule has 0 aromatic carbocycles. The Morgan fingerprint density at radius 3 is 2.37 bits per heavy atom. The molecule has 0 bridgehead atoms. The highest BCUT2D eigenvalue weighted by Crippen LogP contribution is 2.16. The number of ether oxygens (including phenoxy) is 3. The van der Waals surface area contributed by atoms with Crippen molar-refractivity contribution >= 4 is 5.97 Å². The Morgan fingerprint density at radius 2 is 1.79 bits per heavy atom. The highest BCUT2D eigenvalue weighted by atomic mass is 16.7. The highest BCUT2D eigenvalue weighted by Gasteiger charge is 2.26. The van der Waals surface area contributed by atoms with Gasteiger partial charge in [-0.1, -0.05) is 46.5 Å². The standard InChI is InChI=1S/C15H28O4/c1-4-5-6-7-8-9-14(16)19-13-10-17-15(12(2)3)18-11-13/h12-13,15H,4-11H2,1-3H3. The molecule has 0 atom stereocenters. The number of unbranched alkanes of at least 4 members (excludes halogenated alkanes) is 4. The number of esters is 1. The Hall–Kier alpha value is -0.610. The first-order chi connectivity index (χ1) is 9.13. The van der Waals surface area contributed by atoms with Gasteiger partial charge in [0.1, 0.15) is 6.10 Å². The van der Waals surface area contributed by atoms with Gasteiger partial charge in [0.15, 0.2) is 6.29 Å². The van der Waals surface area contributed by atoms with Crippen LogP contribution in [0, 0.1) is 5.92 Å². The fraction of sp³-hybridized carbons (Fsp3) is 0.933. The average Bonchev–Trinajstić information content (AvgIpc) is 2.39. The fourth-order valence-corrected chi connectivity index (χ4v) is 2.07. The van der Waals surface area contributed by atoms with Gasteiger partial charge in [0.2, 0.25) is 0 Å². The Bertz CT molecular complexity index is 245. The monoisotopic (exact) mass is 272 g/mol. The lowest BCUT2D eigenvalue weighted by Gasteiger charge is -2.31. The molecule has 1 heterocycles. The van der Waals surface area contributed by atoms with Crippen molar-refractivity contribution in [3.63, 3.8) is 0 Å². The number of carbonyl (C=O) groups is 1. The van der Waals surface area contributed by atoms with Crippen LogP contribution in [0.4, 0.5) is 0 Å². The minimum atomic E-state index is -0.238. The summed E-state index contributed by atoms with van der Waals surface area (Å²) in [6.45, 7) is 7.18. The van der Waals surface area contributed by atoms with Crippen molar-refractivity contribution < 1.29 is 19.0 Å². The second-order valence-electron chi connectivity index (χ2n) is 5.56. The summed E-state index contributed by atoms with van der Waals surface area (Å²) in [6, 6.07) is 0. The number of hydrogen-bond donors (Lipinski definition) is 0. The Kier molecular flexibility index (Phi) is 8.07. The normalized spacial score (nSPS) is 23.6. The summed E-state index contributed by atoms with van der Waals surface area (Å²) in [5, 5.41) is 0. The van der Waals surface area contributed by atoms with E-state index in [9.17, 15) is 4.79 Å². The molecule has 4 heteroatoms. The Labute approximate surface area is 116 Å². The van der Waals surface area contributed by atoms with Crippen LogP contribution in [0.2, 0.25) is 0 Å². The van der Waals surface area contributed by atoms with Gasteiger partial charge < -0.3 is 14.2 Å². The van der Waals surface area contributed by atoms with Gasteiger partial charge in [0.25, 0.3) is 0 Å². The first kappa shape index (κ1) is 16.4. The minimum Gasteiger partial charge on any atom is -0.457 e. The minimum absolute atomic E-state index is 0.128. The molecular formula is C15H28O4. The average molecular weight is 272 g/mol. The summed E-state index contributed by atoms with van der Waals surface area (Å²) in [4.78, 5) is 11.6. The topological polar surface area (TPSA) is 44.8 Å². The van der Waals surface area contributed by atoms with Gasteiger partial charge in [0, 0.05) is 12.3 Å². The molecule has 4 nitrogen and oxygen atoms in total. The van der Waals surface area contributed by atoms with Crippen molar-refractivity contribution in [2.75, 3.05) is 13.2 Å². The number of carbonyl (C=O) groups excluding carboxylic acids is 1. The van der Waals surface area contributed by atoms with Crippen molar-refractivity contribution in [2.24, 2.45) is 5.92 Å². The molecule has 1 saturated heterocycles. The molecule has 0 amide bonds. The molecule has 0 aromatic heterocycles. The van der Waals surface area contributed by atoms with Gasteiger partial charge in [-0.05, 0) is 6.42 Å². The van der Waals surface area contributed by atoms with Crippen LogP contribution >= 0.6 is 0 Å². The molecule has 0 unspecified atom stereocenters. The van der Waals surface area contributed by atoms with Crippen LogP contribution in [-0.2, 0) is 19.0 Å². The quantitative estimate of drug-likeness (QED) is 0.502. The lowest BCUT2D eigenvalue weighted by atomic mass is 10.1. The molecule has 1 aliphatic rings. The van der Waals surface area contributed by atoms with Crippen LogP contribution in [0.5, 0.6) is 0 Å². The maximum absolute atomic E-state index is 11.6. The first-order valence-electron chi connectivity index (χ1n) is 7.56. The third-order valence-corrected chi connectivity index (χ3v) is 3.22. The van der Waals surface area contributed by atoms with Gasteiger partial charge >= 0.3 is 5.97 Å². The van der Waals surface area contributed by atoms with Gasteiger partial charge in [-0.3, -0.25) is 4.79 Å². The Morgan fingerprint density at radius 1 is 1.16 bits per heavy atom. The van der Waals surface area contributed by atoms with Gasteiger partial charge in [0.05, 0.1) is 13.2 Å². The molecule has 1 rings (SSSR count). The van der Waals surface area contributed by atoms with Crippen molar-refractivity contribution in [2.45, 2.75) is 71.7 Å². The van der Waals surface area contributed by atoms with E-state index in [4.69, 9.17) is 14.2 Å². The molecule has 0 aromatic rings. The smallest absolute Gasteiger partial charge is 0.306 e. The zero-order valence-electron chi connectivity index (χ0n) is 12.5. The molecular weight excluding hydrogens is 244 g/mol. The van der Waals surface area contributed by atoms with E-state index < -0.39 is 0 Å². The molecule has 0 spiro atoms. The third kappa shape index (κ3) is 6.92. The lowest BCUT2D eigenvalue weighted by molar-refractivity contribution is -0.239. The van der Waals surface area contributed by atoms with Crippen molar-refractivity contribution in [3.8, 4) is 0 Å². The van der Waals surface area contributed by atoms with E-state index in [0.29, 0.717) is 25.6 Å². The van der Waals surface area contributed by atoms with E-state index in [1.165, 1.54) is 19.3 Å². The summed E-state index contributed by atoms with van der Waals surface area (Å²) >= 11 is 0. The molecule has 0 radical (unpaired) electrons. The molecule has 0 N–H and O–H groups in total. The van der Waals surface area contributed by atoms with E-state index in [1.807, 2.05) is 13.8 Å². The predicted molar refractivity (Wildman–Crippen MR) is 73.8 cm³/mol. The number of hydrogen-bond acceptors (Lipinski definition) is 4. The maximum Gasteiger partial charge on any atom is 0.306 e. The maximum atomic E-state index is 11.6. The summed E-state index contributed by atoms with van der Waals surface area (Å²) in [7, 11) is 0. The van der Waals surface area contributed by atoms with Crippen LogP contribution in [-0.4, -0.2) is 31.6 Å². The molecule has 1 aliphatic heterocycles. The SMILES string of the molecule is CCCCCCCC(=O)OC1COC(C(C)C)OC1. The largest absolute Gasteiger partial charge is 0.457 e. The zero-order valence-corrected chi connectivity index (χ0v) is 12.5. The van der Waals surface area contributed by atoms with E-state index in [-0.39, 0.29) is 18.4 Å². The molecule has 0 aliphatic carbocycles. The van der Waals surface area contributed by atoms with Gasteiger partial charge in [-0.15, -0.1) is 0 Å². The molecule has 0 saturated carbocycles. The van der Waals surface area contributed by atoms with E-state index in [0.717, 1.165) is 12.8 Å². The first-order valence-corrected chi connectivity index (χ1v) is 7.56. The van der Waals surface area contributed by atoms with E-state index >= 15 is 0 Å². The summed E-state index contributed by atoms with van der Waals surface area (Å²) < 4.78 is 16.4. The predicted octanol–water partition coefficient (Wildman–Crippen LogP) is 3.29. The lowest BCUT2D eigenvalue weighted by Crippen LogP contribution is -2.40. The summed E-state index contributed by atoms with van der Waals surface area (Å²) in [5.74, 6) is 0.201. The molecule has 19 heavy (non-hydrogen) atoms. The summed E-state index contributed by atoms with van der Waals surface area (Å²) in [5.41, 5.74) is 0. The van der Waals surface area contributed by atoms with Crippen LogP contribution in [0.3, 0.4) is 0 Å². The third-order valence-electron chi connectivity index (χ3n) is 3.22. The second-order valence-corrected chi connectivity index (χ2v) is 5.56. The Balaban J connectivity index is 2.06. The van der Waals surface area contributed by atoms with Gasteiger partial charge in [-0.25, -0.2) is 0 Å².